The summed E-state index contributed by atoms with van der Waals surface area (Å²) in [6.07, 6.45) is 0.846. The standard InChI is InChI=1S/C15H21ClN2O3/c1-11-5-7-21-8-6-18(11)15(19)17-14-4-3-13(16)9-12(14)10-20-2/h3-4,9,11H,5-8,10H2,1-2H3,(H,17,19). The van der Waals surface area contributed by atoms with Crippen LogP contribution in [-0.4, -0.2) is 43.8 Å². The predicted octanol–water partition coefficient (Wildman–Crippen LogP) is 3.13. The minimum absolute atomic E-state index is 0.118. The van der Waals surface area contributed by atoms with Crippen molar-refractivity contribution in [3.63, 3.8) is 0 Å². The first-order valence-corrected chi connectivity index (χ1v) is 7.42. The highest BCUT2D eigenvalue weighted by molar-refractivity contribution is 6.30. The lowest BCUT2D eigenvalue weighted by molar-refractivity contribution is 0.143. The van der Waals surface area contributed by atoms with Crippen molar-refractivity contribution in [1.82, 2.24) is 4.90 Å². The molecule has 1 aromatic rings. The summed E-state index contributed by atoms with van der Waals surface area (Å²) in [6.45, 7) is 4.30. The normalized spacial score (nSPS) is 19.2. The molecular formula is C15H21ClN2O3. The van der Waals surface area contributed by atoms with Gasteiger partial charge in [0.25, 0.3) is 0 Å². The molecule has 2 rings (SSSR count). The fraction of sp³-hybridized carbons (Fsp3) is 0.533. The Balaban J connectivity index is 2.11. The number of nitrogens with zero attached hydrogens (tertiary/aromatic N) is 1. The number of hydrogen-bond acceptors (Lipinski definition) is 3. The van der Waals surface area contributed by atoms with Crippen LogP contribution in [0.5, 0.6) is 0 Å². The third-order valence-corrected chi connectivity index (χ3v) is 3.79. The van der Waals surface area contributed by atoms with E-state index in [0.29, 0.717) is 31.4 Å². The molecule has 116 valence electrons. The van der Waals surface area contributed by atoms with Gasteiger partial charge >= 0.3 is 6.03 Å². The molecule has 1 N–H and O–H groups in total. The predicted molar refractivity (Wildman–Crippen MR) is 82.8 cm³/mol. The number of anilines is 1. The molecule has 1 heterocycles. The van der Waals surface area contributed by atoms with Gasteiger partial charge in [-0.3, -0.25) is 0 Å². The van der Waals surface area contributed by atoms with Crippen LogP contribution < -0.4 is 5.32 Å². The highest BCUT2D eigenvalue weighted by atomic mass is 35.5. The van der Waals surface area contributed by atoms with Gasteiger partial charge in [0.05, 0.1) is 13.2 Å². The number of rotatable bonds is 3. The minimum Gasteiger partial charge on any atom is -0.380 e. The Morgan fingerprint density at radius 2 is 2.33 bits per heavy atom. The summed E-state index contributed by atoms with van der Waals surface area (Å²) in [5.41, 5.74) is 1.58. The summed E-state index contributed by atoms with van der Waals surface area (Å²) in [5.74, 6) is 0. The van der Waals surface area contributed by atoms with Gasteiger partial charge in [-0.05, 0) is 31.5 Å². The van der Waals surface area contributed by atoms with Gasteiger partial charge in [-0.15, -0.1) is 0 Å². The third-order valence-electron chi connectivity index (χ3n) is 3.56. The second-order valence-electron chi connectivity index (χ2n) is 5.11. The van der Waals surface area contributed by atoms with E-state index < -0.39 is 0 Å². The highest BCUT2D eigenvalue weighted by Crippen LogP contribution is 2.22. The van der Waals surface area contributed by atoms with Crippen LogP contribution in [0.4, 0.5) is 10.5 Å². The maximum atomic E-state index is 12.5. The Hall–Kier alpha value is -1.30. The van der Waals surface area contributed by atoms with Crippen molar-refractivity contribution < 1.29 is 14.3 Å². The number of hydrogen-bond donors (Lipinski definition) is 1. The van der Waals surface area contributed by atoms with Crippen molar-refractivity contribution in [1.29, 1.82) is 0 Å². The van der Waals surface area contributed by atoms with Crippen LogP contribution in [0.3, 0.4) is 0 Å². The first-order valence-electron chi connectivity index (χ1n) is 7.04. The molecule has 5 nitrogen and oxygen atoms in total. The molecule has 0 saturated carbocycles. The quantitative estimate of drug-likeness (QED) is 0.933. The highest BCUT2D eigenvalue weighted by Gasteiger charge is 2.22. The first-order chi connectivity index (χ1) is 10.1. The van der Waals surface area contributed by atoms with Crippen LogP contribution in [0.25, 0.3) is 0 Å². The zero-order valence-corrected chi connectivity index (χ0v) is 13.2. The molecule has 21 heavy (non-hydrogen) atoms. The largest absolute Gasteiger partial charge is 0.380 e. The van der Waals surface area contributed by atoms with Crippen molar-refractivity contribution >= 4 is 23.3 Å². The number of methoxy groups -OCH3 is 1. The van der Waals surface area contributed by atoms with Gasteiger partial charge in [-0.25, -0.2) is 4.79 Å². The van der Waals surface area contributed by atoms with Crippen LogP contribution in [0.1, 0.15) is 18.9 Å². The van der Waals surface area contributed by atoms with E-state index in [2.05, 4.69) is 5.32 Å². The van der Waals surface area contributed by atoms with Gasteiger partial charge in [0.1, 0.15) is 0 Å². The van der Waals surface area contributed by atoms with E-state index in [1.807, 2.05) is 6.92 Å². The summed E-state index contributed by atoms with van der Waals surface area (Å²) in [5, 5.41) is 3.57. The molecular weight excluding hydrogens is 292 g/mol. The zero-order chi connectivity index (χ0) is 15.2. The summed E-state index contributed by atoms with van der Waals surface area (Å²) in [6, 6.07) is 5.40. The molecule has 0 radical (unpaired) electrons. The summed E-state index contributed by atoms with van der Waals surface area (Å²) >= 11 is 5.99. The molecule has 1 aliphatic heterocycles. The van der Waals surface area contributed by atoms with Crippen molar-refractivity contribution in [3.8, 4) is 0 Å². The summed E-state index contributed by atoms with van der Waals surface area (Å²) in [4.78, 5) is 14.3. The molecule has 2 amide bonds. The van der Waals surface area contributed by atoms with E-state index in [4.69, 9.17) is 21.1 Å². The maximum absolute atomic E-state index is 12.5. The van der Waals surface area contributed by atoms with Crippen molar-refractivity contribution in [3.05, 3.63) is 28.8 Å². The fourth-order valence-electron chi connectivity index (χ4n) is 2.34. The maximum Gasteiger partial charge on any atom is 0.322 e. The molecule has 0 bridgehead atoms. The fourth-order valence-corrected chi connectivity index (χ4v) is 2.54. The third kappa shape index (κ3) is 4.33. The van der Waals surface area contributed by atoms with Crippen LogP contribution in [0.15, 0.2) is 18.2 Å². The smallest absolute Gasteiger partial charge is 0.322 e. The average molecular weight is 313 g/mol. The molecule has 0 aliphatic carbocycles. The molecule has 1 atom stereocenters. The van der Waals surface area contributed by atoms with Gasteiger partial charge in [0, 0.05) is 42.6 Å². The molecule has 0 aromatic heterocycles. The summed E-state index contributed by atoms with van der Waals surface area (Å²) in [7, 11) is 1.61. The van der Waals surface area contributed by atoms with Gasteiger partial charge in [-0.1, -0.05) is 11.6 Å². The monoisotopic (exact) mass is 312 g/mol. The van der Waals surface area contributed by atoms with Crippen molar-refractivity contribution in [2.75, 3.05) is 32.2 Å². The van der Waals surface area contributed by atoms with Gasteiger partial charge in [0.2, 0.25) is 0 Å². The number of carbonyl (C=O) groups is 1. The lowest BCUT2D eigenvalue weighted by Gasteiger charge is -2.27. The first kappa shape index (κ1) is 16.1. The Bertz CT molecular complexity index is 496. The Labute approximate surface area is 130 Å². The molecule has 0 spiro atoms. The van der Waals surface area contributed by atoms with E-state index in [0.717, 1.165) is 17.7 Å². The average Bonchev–Trinajstić information content (AvgIpc) is 2.67. The SMILES string of the molecule is COCc1cc(Cl)ccc1NC(=O)N1CCOCCC1C. The van der Waals surface area contributed by atoms with E-state index in [1.54, 1.807) is 30.2 Å². The molecule has 1 saturated heterocycles. The number of carbonyl (C=O) groups excluding carboxylic acids is 1. The number of benzene rings is 1. The van der Waals surface area contributed by atoms with Crippen LogP contribution in [-0.2, 0) is 16.1 Å². The summed E-state index contributed by atoms with van der Waals surface area (Å²) < 4.78 is 10.6. The van der Waals surface area contributed by atoms with E-state index >= 15 is 0 Å². The second-order valence-corrected chi connectivity index (χ2v) is 5.54. The Morgan fingerprint density at radius 1 is 1.52 bits per heavy atom. The van der Waals surface area contributed by atoms with Gasteiger partial charge < -0.3 is 19.7 Å². The van der Waals surface area contributed by atoms with E-state index in [1.165, 1.54) is 0 Å². The number of halogens is 1. The zero-order valence-electron chi connectivity index (χ0n) is 12.4. The second kappa shape index (κ2) is 7.64. The lowest BCUT2D eigenvalue weighted by Crippen LogP contribution is -2.42. The molecule has 1 aliphatic rings. The van der Waals surface area contributed by atoms with Crippen LogP contribution in [0, 0.1) is 0 Å². The Morgan fingerprint density at radius 3 is 3.10 bits per heavy atom. The number of ether oxygens (including phenoxy) is 2. The van der Waals surface area contributed by atoms with Gasteiger partial charge in [-0.2, -0.15) is 0 Å². The van der Waals surface area contributed by atoms with Crippen LogP contribution in [0.2, 0.25) is 5.02 Å². The molecule has 1 unspecified atom stereocenters. The molecule has 1 aromatic carbocycles. The van der Waals surface area contributed by atoms with Crippen LogP contribution >= 0.6 is 11.6 Å². The molecule has 1 fully saturated rings. The lowest BCUT2D eigenvalue weighted by atomic mass is 10.2. The topological polar surface area (TPSA) is 50.8 Å². The van der Waals surface area contributed by atoms with Crippen molar-refractivity contribution in [2.45, 2.75) is 26.0 Å². The Kier molecular flexibility index (Phi) is 5.85. The van der Waals surface area contributed by atoms with Gasteiger partial charge in [0.15, 0.2) is 0 Å². The number of urea groups is 1. The van der Waals surface area contributed by atoms with E-state index in [-0.39, 0.29) is 12.1 Å². The van der Waals surface area contributed by atoms with Crippen molar-refractivity contribution in [2.24, 2.45) is 0 Å². The van der Waals surface area contributed by atoms with E-state index in [9.17, 15) is 4.79 Å². The minimum atomic E-state index is -0.118. The number of nitrogens with one attached hydrogen (secondary N) is 1. The number of amides is 2. The molecule has 6 heteroatoms.